The van der Waals surface area contributed by atoms with Crippen LogP contribution in [0.25, 0.3) is 0 Å². The molecule has 0 aromatic rings. The zero-order chi connectivity index (χ0) is 13.0. The molecule has 0 aromatic heterocycles. The normalized spacial score (nSPS) is 24.2. The highest BCUT2D eigenvalue weighted by atomic mass is 16.2. The third-order valence-corrected chi connectivity index (χ3v) is 3.52. The van der Waals surface area contributed by atoms with Gasteiger partial charge in [-0.2, -0.15) is 0 Å². The summed E-state index contributed by atoms with van der Waals surface area (Å²) in [6, 6.07) is -0.350. The summed E-state index contributed by atoms with van der Waals surface area (Å²) in [5.41, 5.74) is 0. The summed E-state index contributed by atoms with van der Waals surface area (Å²) in [5.74, 6) is -0.0581. The molecule has 2 saturated heterocycles. The van der Waals surface area contributed by atoms with E-state index in [2.05, 4.69) is 10.6 Å². The van der Waals surface area contributed by atoms with Crippen LogP contribution in [0.15, 0.2) is 0 Å². The quantitative estimate of drug-likeness (QED) is 0.705. The Hall–Kier alpha value is -1.30. The van der Waals surface area contributed by atoms with Crippen molar-refractivity contribution in [2.75, 3.05) is 39.3 Å². The van der Waals surface area contributed by atoms with Crippen LogP contribution in [0.3, 0.4) is 0 Å². The first-order valence-corrected chi connectivity index (χ1v) is 6.78. The third kappa shape index (κ3) is 2.75. The lowest BCUT2D eigenvalue weighted by molar-refractivity contribution is -0.126. The maximum atomic E-state index is 12.4. The molecule has 1 atom stereocenters. The van der Waals surface area contributed by atoms with E-state index in [1.54, 1.807) is 4.90 Å². The average Bonchev–Trinajstić information content (AvgIpc) is 2.92. The Morgan fingerprint density at radius 2 is 2.00 bits per heavy atom. The molecule has 2 fully saturated rings. The molecule has 2 N–H and O–H groups in total. The Morgan fingerprint density at radius 3 is 2.67 bits per heavy atom. The van der Waals surface area contributed by atoms with E-state index in [9.17, 15) is 9.59 Å². The van der Waals surface area contributed by atoms with E-state index in [0.717, 1.165) is 32.5 Å². The molecule has 2 aliphatic heterocycles. The van der Waals surface area contributed by atoms with Crippen LogP contribution in [-0.4, -0.2) is 67.0 Å². The molecule has 0 radical (unpaired) electrons. The van der Waals surface area contributed by atoms with Gasteiger partial charge in [-0.3, -0.25) is 4.79 Å². The van der Waals surface area contributed by atoms with Gasteiger partial charge in [0.25, 0.3) is 0 Å². The van der Waals surface area contributed by atoms with E-state index >= 15 is 0 Å². The summed E-state index contributed by atoms with van der Waals surface area (Å²) >= 11 is 0. The molecular formula is C12H22N4O2. The van der Waals surface area contributed by atoms with Gasteiger partial charge in [-0.25, -0.2) is 4.79 Å². The number of piperazine rings is 1. The maximum absolute atomic E-state index is 12.4. The summed E-state index contributed by atoms with van der Waals surface area (Å²) in [4.78, 5) is 27.9. The standard InChI is InChI=1S/C12H22N4O2/c1-2-14-11(17)10-9-13-5-8-16(10)12(18)15-6-3-4-7-15/h10,13H,2-9H2,1H3,(H,14,17). The van der Waals surface area contributed by atoms with Crippen LogP contribution in [-0.2, 0) is 4.79 Å². The van der Waals surface area contributed by atoms with Gasteiger partial charge in [0, 0.05) is 39.3 Å². The second-order valence-electron chi connectivity index (χ2n) is 4.78. The number of urea groups is 1. The van der Waals surface area contributed by atoms with E-state index in [-0.39, 0.29) is 18.0 Å². The van der Waals surface area contributed by atoms with Gasteiger partial charge in [0.2, 0.25) is 5.91 Å². The van der Waals surface area contributed by atoms with Crippen LogP contribution in [0.4, 0.5) is 4.79 Å². The molecule has 0 spiro atoms. The van der Waals surface area contributed by atoms with Crippen molar-refractivity contribution in [3.05, 3.63) is 0 Å². The Kier molecular flexibility index (Phi) is 4.41. The smallest absolute Gasteiger partial charge is 0.320 e. The van der Waals surface area contributed by atoms with Crippen molar-refractivity contribution >= 4 is 11.9 Å². The fraction of sp³-hybridized carbons (Fsp3) is 0.833. The summed E-state index contributed by atoms with van der Waals surface area (Å²) in [6.45, 7) is 6.05. The first-order valence-electron chi connectivity index (χ1n) is 6.78. The van der Waals surface area contributed by atoms with Gasteiger partial charge in [0.15, 0.2) is 0 Å². The zero-order valence-corrected chi connectivity index (χ0v) is 10.9. The molecule has 2 heterocycles. The van der Waals surface area contributed by atoms with Crippen LogP contribution in [0.5, 0.6) is 0 Å². The van der Waals surface area contributed by atoms with Crippen molar-refractivity contribution in [3.8, 4) is 0 Å². The van der Waals surface area contributed by atoms with Gasteiger partial charge in [-0.05, 0) is 19.8 Å². The highest BCUT2D eigenvalue weighted by Gasteiger charge is 2.34. The molecule has 6 nitrogen and oxygen atoms in total. The van der Waals surface area contributed by atoms with E-state index < -0.39 is 0 Å². The number of nitrogens with zero attached hydrogens (tertiary/aromatic N) is 2. The number of amides is 3. The monoisotopic (exact) mass is 254 g/mol. The Morgan fingerprint density at radius 1 is 1.28 bits per heavy atom. The second-order valence-corrected chi connectivity index (χ2v) is 4.78. The molecule has 6 heteroatoms. The van der Waals surface area contributed by atoms with Crippen molar-refractivity contribution < 1.29 is 9.59 Å². The summed E-state index contributed by atoms with van der Waals surface area (Å²) in [7, 11) is 0. The number of likely N-dealkylation sites (N-methyl/N-ethyl adjacent to an activating group) is 1. The van der Waals surface area contributed by atoms with Crippen molar-refractivity contribution in [2.24, 2.45) is 0 Å². The molecule has 1 unspecified atom stereocenters. The minimum Gasteiger partial charge on any atom is -0.355 e. The second kappa shape index (κ2) is 6.04. The van der Waals surface area contributed by atoms with Crippen molar-refractivity contribution in [1.29, 1.82) is 0 Å². The van der Waals surface area contributed by atoms with Gasteiger partial charge in [-0.1, -0.05) is 0 Å². The van der Waals surface area contributed by atoms with Gasteiger partial charge < -0.3 is 20.4 Å². The molecule has 0 saturated carbocycles. The minimum absolute atomic E-state index is 0.0188. The van der Waals surface area contributed by atoms with Gasteiger partial charge >= 0.3 is 6.03 Å². The number of likely N-dealkylation sites (tertiary alicyclic amines) is 1. The zero-order valence-electron chi connectivity index (χ0n) is 10.9. The number of hydrogen-bond donors (Lipinski definition) is 2. The first kappa shape index (κ1) is 13.1. The summed E-state index contributed by atoms with van der Waals surface area (Å²) < 4.78 is 0. The van der Waals surface area contributed by atoms with Crippen molar-refractivity contribution in [2.45, 2.75) is 25.8 Å². The SMILES string of the molecule is CCNC(=O)C1CNCCN1C(=O)N1CCCC1. The lowest BCUT2D eigenvalue weighted by Gasteiger charge is -2.37. The molecule has 18 heavy (non-hydrogen) atoms. The lowest BCUT2D eigenvalue weighted by Crippen LogP contribution is -2.61. The number of carbonyl (C=O) groups excluding carboxylic acids is 2. The Labute approximate surface area is 108 Å². The predicted molar refractivity (Wildman–Crippen MR) is 68.3 cm³/mol. The van der Waals surface area contributed by atoms with Crippen LogP contribution in [0, 0.1) is 0 Å². The highest BCUT2D eigenvalue weighted by molar-refractivity contribution is 5.87. The minimum atomic E-state index is -0.369. The van der Waals surface area contributed by atoms with E-state index in [1.807, 2.05) is 11.8 Å². The molecule has 3 amide bonds. The fourth-order valence-electron chi connectivity index (χ4n) is 2.55. The van der Waals surface area contributed by atoms with Crippen LogP contribution >= 0.6 is 0 Å². The van der Waals surface area contributed by atoms with Gasteiger partial charge in [0.05, 0.1) is 0 Å². The summed E-state index contributed by atoms with van der Waals surface area (Å²) in [5, 5.41) is 5.98. The number of carbonyl (C=O) groups is 2. The Balaban J connectivity index is 2.02. The molecule has 0 aromatic carbocycles. The van der Waals surface area contributed by atoms with Crippen molar-refractivity contribution in [3.63, 3.8) is 0 Å². The van der Waals surface area contributed by atoms with E-state index in [4.69, 9.17) is 0 Å². The molecule has 0 bridgehead atoms. The van der Waals surface area contributed by atoms with Crippen molar-refractivity contribution in [1.82, 2.24) is 20.4 Å². The number of hydrogen-bond acceptors (Lipinski definition) is 3. The summed E-state index contributed by atoms with van der Waals surface area (Å²) in [6.07, 6.45) is 2.15. The van der Waals surface area contributed by atoms with Gasteiger partial charge in [0.1, 0.15) is 6.04 Å². The molecular weight excluding hydrogens is 232 g/mol. The predicted octanol–water partition coefficient (Wildman–Crippen LogP) is -0.388. The molecule has 0 aliphatic carbocycles. The maximum Gasteiger partial charge on any atom is 0.320 e. The van der Waals surface area contributed by atoms with Gasteiger partial charge in [-0.15, -0.1) is 0 Å². The van der Waals surface area contributed by atoms with E-state index in [0.29, 0.717) is 19.6 Å². The lowest BCUT2D eigenvalue weighted by atomic mass is 10.2. The molecule has 102 valence electrons. The Bertz CT molecular complexity index is 315. The topological polar surface area (TPSA) is 64.7 Å². The first-order chi connectivity index (χ1) is 8.74. The molecule has 2 aliphatic rings. The van der Waals surface area contributed by atoms with Crippen LogP contribution in [0.1, 0.15) is 19.8 Å². The number of rotatable bonds is 2. The van der Waals surface area contributed by atoms with Crippen LogP contribution in [0.2, 0.25) is 0 Å². The molecule has 2 rings (SSSR count). The number of nitrogens with one attached hydrogen (secondary N) is 2. The average molecular weight is 254 g/mol. The fourth-order valence-corrected chi connectivity index (χ4v) is 2.55. The third-order valence-electron chi connectivity index (χ3n) is 3.52. The van der Waals surface area contributed by atoms with E-state index in [1.165, 1.54) is 0 Å². The van der Waals surface area contributed by atoms with Crippen LogP contribution < -0.4 is 10.6 Å². The largest absolute Gasteiger partial charge is 0.355 e. The highest BCUT2D eigenvalue weighted by Crippen LogP contribution is 2.14.